The Labute approximate surface area is 56.6 Å². The van der Waals surface area contributed by atoms with Gasteiger partial charge in [0.15, 0.2) is 0 Å². The molecule has 0 radical (unpaired) electrons. The summed E-state index contributed by atoms with van der Waals surface area (Å²) in [5.41, 5.74) is 0. The smallest absolute Gasteiger partial charge is 0.218 e. The van der Waals surface area contributed by atoms with E-state index in [4.69, 9.17) is 0 Å². The van der Waals surface area contributed by atoms with Crippen molar-refractivity contribution in [2.45, 2.75) is 6.92 Å². The molecule has 44 valence electrons. The van der Waals surface area contributed by atoms with E-state index in [-0.39, 0.29) is 25.4 Å². The van der Waals surface area contributed by atoms with Crippen molar-refractivity contribution in [2.75, 3.05) is 14.1 Å². The molecule has 0 aromatic carbocycles. The third-order valence-electron chi connectivity index (χ3n) is 0.630. The van der Waals surface area contributed by atoms with Gasteiger partial charge in [0.2, 0.25) is 5.91 Å². The van der Waals surface area contributed by atoms with Crippen LogP contribution in [0.25, 0.3) is 0 Å². The van der Waals surface area contributed by atoms with Crippen LogP contribution in [0.1, 0.15) is 6.92 Å². The van der Waals surface area contributed by atoms with Gasteiger partial charge in [0.05, 0.1) is 0 Å². The molecule has 3 heteroatoms. The zero-order valence-corrected chi connectivity index (χ0v) is 6.45. The summed E-state index contributed by atoms with van der Waals surface area (Å²) < 4.78 is 0. The van der Waals surface area contributed by atoms with Crippen LogP contribution < -0.4 is 0 Å². The Balaban J connectivity index is 0. The topological polar surface area (TPSA) is 20.3 Å². The summed E-state index contributed by atoms with van der Waals surface area (Å²) in [6.07, 6.45) is 0. The molecule has 0 aliphatic heterocycles. The molecule has 0 bridgehead atoms. The number of amides is 1. The molecule has 0 aliphatic rings. The zero-order chi connectivity index (χ0) is 5.15. The minimum atomic E-state index is 0. The molecule has 7 heavy (non-hydrogen) atoms. The molecule has 0 saturated heterocycles. The molecule has 0 rings (SSSR count). The maximum Gasteiger partial charge on any atom is 0.218 e. The van der Waals surface area contributed by atoms with Gasteiger partial charge in [-0.3, -0.25) is 4.79 Å². The van der Waals surface area contributed by atoms with Gasteiger partial charge in [-0.1, -0.05) is 0 Å². The van der Waals surface area contributed by atoms with E-state index < -0.39 is 0 Å². The number of rotatable bonds is 0. The maximum absolute atomic E-state index is 10.1. The van der Waals surface area contributed by atoms with Crippen LogP contribution in [-0.4, -0.2) is 24.9 Å². The van der Waals surface area contributed by atoms with Crippen molar-refractivity contribution in [3.63, 3.8) is 0 Å². The number of nitrogens with zero attached hydrogens (tertiary/aromatic N) is 1. The van der Waals surface area contributed by atoms with Gasteiger partial charge in [-0.25, -0.2) is 0 Å². The number of carbonyl (C=O) groups is 1. The van der Waals surface area contributed by atoms with Crippen LogP contribution in [0, 0.1) is 0 Å². The number of carbonyl (C=O) groups excluding carboxylic acids is 1. The summed E-state index contributed by atoms with van der Waals surface area (Å²) >= 11 is 0. The van der Waals surface area contributed by atoms with Crippen molar-refractivity contribution >= 4 is 5.91 Å². The van der Waals surface area contributed by atoms with E-state index in [0.717, 1.165) is 0 Å². The minimum Gasteiger partial charge on any atom is -0.349 e. The van der Waals surface area contributed by atoms with Gasteiger partial charge in [0.1, 0.15) is 0 Å². The quantitative estimate of drug-likeness (QED) is 0.493. The Kier molecular flexibility index (Phi) is 6.17. The molecule has 0 fully saturated rings. The standard InChI is InChI=1S/C4H9NO.Ru/c1-4(6)5(2)3;/h1-3H3;. The Morgan fingerprint density at radius 2 is 1.57 bits per heavy atom. The second kappa shape index (κ2) is 4.26. The van der Waals surface area contributed by atoms with Crippen LogP contribution in [0.4, 0.5) is 0 Å². The molecule has 0 N–H and O–H groups in total. The van der Waals surface area contributed by atoms with Crippen molar-refractivity contribution in [3.8, 4) is 0 Å². The molecule has 1 amide bonds. The molecular formula is C4H9NORu. The van der Waals surface area contributed by atoms with Gasteiger partial charge in [-0.2, -0.15) is 0 Å². The average Bonchev–Trinajstić information content (AvgIpc) is 1.36. The van der Waals surface area contributed by atoms with Crippen LogP contribution in [-0.2, 0) is 24.3 Å². The van der Waals surface area contributed by atoms with Crippen LogP contribution >= 0.6 is 0 Å². The van der Waals surface area contributed by atoms with Crippen LogP contribution in [0.15, 0.2) is 0 Å². The predicted molar refractivity (Wildman–Crippen MR) is 24.4 cm³/mol. The summed E-state index contributed by atoms with van der Waals surface area (Å²) in [5, 5.41) is 0. The molecule has 0 unspecified atom stereocenters. The molecule has 0 spiro atoms. The fraction of sp³-hybridized carbons (Fsp3) is 0.750. The minimum absolute atomic E-state index is 0. The van der Waals surface area contributed by atoms with E-state index in [1.807, 2.05) is 0 Å². The molecule has 0 atom stereocenters. The van der Waals surface area contributed by atoms with Crippen molar-refractivity contribution in [2.24, 2.45) is 0 Å². The van der Waals surface area contributed by atoms with E-state index in [2.05, 4.69) is 0 Å². The maximum atomic E-state index is 10.1. The summed E-state index contributed by atoms with van der Waals surface area (Å²) in [5.74, 6) is 0.0926. The monoisotopic (exact) mass is 189 g/mol. The third kappa shape index (κ3) is 6.09. The molecule has 2 nitrogen and oxygen atoms in total. The van der Waals surface area contributed by atoms with Crippen molar-refractivity contribution in [1.29, 1.82) is 0 Å². The summed E-state index contributed by atoms with van der Waals surface area (Å²) in [7, 11) is 3.45. The first-order chi connectivity index (χ1) is 2.64. The van der Waals surface area contributed by atoms with E-state index >= 15 is 0 Å². The van der Waals surface area contributed by atoms with Crippen molar-refractivity contribution in [1.82, 2.24) is 4.90 Å². The van der Waals surface area contributed by atoms with E-state index in [1.54, 1.807) is 14.1 Å². The third-order valence-corrected chi connectivity index (χ3v) is 0.630. The fourth-order valence-electron chi connectivity index (χ4n) is 0. The van der Waals surface area contributed by atoms with E-state index in [1.165, 1.54) is 11.8 Å². The van der Waals surface area contributed by atoms with Gasteiger partial charge in [0.25, 0.3) is 0 Å². The van der Waals surface area contributed by atoms with E-state index in [0.29, 0.717) is 0 Å². The zero-order valence-electron chi connectivity index (χ0n) is 4.71. The number of hydrogen-bond acceptors (Lipinski definition) is 1. The van der Waals surface area contributed by atoms with Gasteiger partial charge >= 0.3 is 0 Å². The van der Waals surface area contributed by atoms with Crippen LogP contribution in [0.2, 0.25) is 0 Å². The second-order valence-corrected chi connectivity index (χ2v) is 1.41. The Morgan fingerprint density at radius 1 is 1.43 bits per heavy atom. The Hall–Kier alpha value is 0.0934. The van der Waals surface area contributed by atoms with Crippen molar-refractivity contribution < 1.29 is 24.3 Å². The SMILES string of the molecule is CC(=O)N(C)C.[Ru]. The van der Waals surface area contributed by atoms with Gasteiger partial charge < -0.3 is 4.90 Å². The summed E-state index contributed by atoms with van der Waals surface area (Å²) in [4.78, 5) is 11.6. The molecule has 0 aromatic rings. The molecule has 0 aliphatic carbocycles. The Bertz CT molecular complexity index is 62.7. The normalized spacial score (nSPS) is 6.71. The largest absolute Gasteiger partial charge is 0.349 e. The molecule has 0 aromatic heterocycles. The van der Waals surface area contributed by atoms with Gasteiger partial charge in [-0.05, 0) is 0 Å². The molecule has 0 heterocycles. The fourth-order valence-corrected chi connectivity index (χ4v) is 0. The predicted octanol–water partition coefficient (Wildman–Crippen LogP) is 0.0920. The first-order valence-electron chi connectivity index (χ1n) is 1.82. The van der Waals surface area contributed by atoms with Gasteiger partial charge in [-0.15, -0.1) is 0 Å². The average molecular weight is 188 g/mol. The molecular weight excluding hydrogens is 179 g/mol. The van der Waals surface area contributed by atoms with Crippen LogP contribution in [0.3, 0.4) is 0 Å². The first kappa shape index (κ1) is 10.2. The van der Waals surface area contributed by atoms with Gasteiger partial charge in [0, 0.05) is 40.5 Å². The number of hydrogen-bond donors (Lipinski definition) is 0. The molecule has 0 saturated carbocycles. The van der Waals surface area contributed by atoms with Crippen LogP contribution in [0.5, 0.6) is 0 Å². The summed E-state index contributed by atoms with van der Waals surface area (Å²) in [6, 6.07) is 0. The second-order valence-electron chi connectivity index (χ2n) is 1.41. The van der Waals surface area contributed by atoms with E-state index in [9.17, 15) is 4.79 Å². The Morgan fingerprint density at radius 3 is 1.57 bits per heavy atom. The van der Waals surface area contributed by atoms with Crippen molar-refractivity contribution in [3.05, 3.63) is 0 Å². The summed E-state index contributed by atoms with van der Waals surface area (Å²) in [6.45, 7) is 1.53. The first-order valence-corrected chi connectivity index (χ1v) is 1.82.